The number of methoxy groups -OCH3 is 1. The maximum Gasteiger partial charge on any atom is 0.355 e. The fourth-order valence-corrected chi connectivity index (χ4v) is 0.903. The molecule has 70 valence electrons. The summed E-state index contributed by atoms with van der Waals surface area (Å²) in [5.74, 6) is -1.07. The maximum absolute atomic E-state index is 10.7. The van der Waals surface area contributed by atoms with Crippen LogP contribution in [0.5, 0.6) is 6.01 Å². The van der Waals surface area contributed by atoms with Gasteiger partial charge in [0.2, 0.25) is 0 Å². The molecule has 13 heavy (non-hydrogen) atoms. The second kappa shape index (κ2) is 3.38. The van der Waals surface area contributed by atoms with Crippen molar-refractivity contribution in [2.24, 2.45) is 0 Å². The lowest BCUT2D eigenvalue weighted by Crippen LogP contribution is -2.08. The standard InChI is InChI=1S/C8H10N2O3/c1-4-5(2)9-8(13-3)10-6(4)7(11)12/h1-3H3,(H,11,12). The number of rotatable bonds is 2. The maximum atomic E-state index is 10.7. The molecule has 0 amide bonds. The van der Waals surface area contributed by atoms with Crippen LogP contribution in [-0.2, 0) is 0 Å². The molecule has 0 spiro atoms. The van der Waals surface area contributed by atoms with E-state index in [4.69, 9.17) is 9.84 Å². The van der Waals surface area contributed by atoms with Gasteiger partial charge in [0.1, 0.15) is 0 Å². The van der Waals surface area contributed by atoms with Crippen LogP contribution in [-0.4, -0.2) is 28.2 Å². The highest BCUT2D eigenvalue weighted by Gasteiger charge is 2.13. The van der Waals surface area contributed by atoms with Crippen LogP contribution < -0.4 is 4.74 Å². The number of aromatic carboxylic acids is 1. The number of hydrogen-bond acceptors (Lipinski definition) is 4. The van der Waals surface area contributed by atoms with Gasteiger partial charge < -0.3 is 9.84 Å². The number of carbonyl (C=O) groups is 1. The topological polar surface area (TPSA) is 72.3 Å². The summed E-state index contributed by atoms with van der Waals surface area (Å²) in [7, 11) is 1.40. The minimum Gasteiger partial charge on any atom is -0.476 e. The first kappa shape index (κ1) is 9.44. The van der Waals surface area contributed by atoms with Crippen molar-refractivity contribution in [1.82, 2.24) is 9.97 Å². The minimum absolute atomic E-state index is 0.00986. The van der Waals surface area contributed by atoms with Crippen LogP contribution in [0.1, 0.15) is 21.7 Å². The molecule has 1 heterocycles. The number of carboxylic acid groups (broad SMARTS) is 1. The Morgan fingerprint density at radius 3 is 2.46 bits per heavy atom. The van der Waals surface area contributed by atoms with E-state index in [-0.39, 0.29) is 11.7 Å². The molecule has 1 N–H and O–H groups in total. The number of aromatic nitrogens is 2. The number of aryl methyl sites for hydroxylation is 1. The molecule has 0 bridgehead atoms. The van der Waals surface area contributed by atoms with Crippen molar-refractivity contribution in [3.63, 3.8) is 0 Å². The van der Waals surface area contributed by atoms with Crippen molar-refractivity contribution >= 4 is 5.97 Å². The number of nitrogens with zero attached hydrogens (tertiary/aromatic N) is 2. The Kier molecular flexibility index (Phi) is 2.46. The zero-order valence-corrected chi connectivity index (χ0v) is 7.66. The van der Waals surface area contributed by atoms with Crippen LogP contribution in [0.3, 0.4) is 0 Å². The van der Waals surface area contributed by atoms with Gasteiger partial charge in [-0.25, -0.2) is 9.78 Å². The molecule has 0 atom stereocenters. The molecule has 5 nitrogen and oxygen atoms in total. The summed E-state index contributed by atoms with van der Waals surface area (Å²) in [5.41, 5.74) is 1.17. The Morgan fingerprint density at radius 1 is 1.38 bits per heavy atom. The monoisotopic (exact) mass is 182 g/mol. The molecule has 0 saturated carbocycles. The van der Waals surface area contributed by atoms with Gasteiger partial charge in [0, 0.05) is 11.3 Å². The molecule has 0 aliphatic heterocycles. The van der Waals surface area contributed by atoms with E-state index in [0.717, 1.165) is 0 Å². The molecule has 1 aromatic rings. The predicted molar refractivity (Wildman–Crippen MR) is 45.0 cm³/mol. The van der Waals surface area contributed by atoms with Crippen LogP contribution >= 0.6 is 0 Å². The quantitative estimate of drug-likeness (QED) is 0.732. The van der Waals surface area contributed by atoms with Gasteiger partial charge in [0.25, 0.3) is 0 Å². The third-order valence-corrected chi connectivity index (χ3v) is 1.75. The van der Waals surface area contributed by atoms with Crippen molar-refractivity contribution in [3.05, 3.63) is 17.0 Å². The molecule has 0 saturated heterocycles. The molecule has 5 heteroatoms. The summed E-state index contributed by atoms with van der Waals surface area (Å²) in [6, 6.07) is 0.0838. The average Bonchev–Trinajstić information content (AvgIpc) is 2.09. The van der Waals surface area contributed by atoms with Crippen molar-refractivity contribution in [2.45, 2.75) is 13.8 Å². The smallest absolute Gasteiger partial charge is 0.355 e. The van der Waals surface area contributed by atoms with E-state index in [2.05, 4.69) is 9.97 Å². The molecule has 0 aliphatic carbocycles. The molecule has 0 aliphatic rings. The summed E-state index contributed by atoms with van der Waals surface area (Å²) in [6.07, 6.45) is 0. The summed E-state index contributed by atoms with van der Waals surface area (Å²) >= 11 is 0. The zero-order chi connectivity index (χ0) is 10.0. The Bertz CT molecular complexity index is 349. The second-order valence-electron chi connectivity index (χ2n) is 2.57. The molecule has 0 radical (unpaired) electrons. The highest BCUT2D eigenvalue weighted by Crippen LogP contribution is 2.12. The zero-order valence-electron chi connectivity index (χ0n) is 7.66. The Hall–Kier alpha value is -1.65. The molecule has 0 aromatic carbocycles. The highest BCUT2D eigenvalue weighted by atomic mass is 16.5. The molecule has 1 rings (SSSR count). The summed E-state index contributed by atoms with van der Waals surface area (Å²) in [4.78, 5) is 18.4. The van der Waals surface area contributed by atoms with E-state index in [9.17, 15) is 4.79 Å². The first-order chi connectivity index (χ1) is 6.06. The normalized spacial score (nSPS) is 9.77. The fraction of sp³-hybridized carbons (Fsp3) is 0.375. The van der Waals surface area contributed by atoms with E-state index in [0.29, 0.717) is 11.3 Å². The molecular weight excluding hydrogens is 172 g/mol. The summed E-state index contributed by atoms with van der Waals surface area (Å²) < 4.78 is 4.76. The Labute approximate surface area is 75.4 Å². The van der Waals surface area contributed by atoms with Crippen molar-refractivity contribution in [3.8, 4) is 6.01 Å². The van der Waals surface area contributed by atoms with Gasteiger partial charge in [-0.05, 0) is 13.8 Å². The second-order valence-corrected chi connectivity index (χ2v) is 2.57. The first-order valence-electron chi connectivity index (χ1n) is 3.68. The van der Waals surface area contributed by atoms with E-state index in [1.807, 2.05) is 0 Å². The van der Waals surface area contributed by atoms with Crippen LogP contribution in [0, 0.1) is 13.8 Å². The van der Waals surface area contributed by atoms with Crippen LogP contribution in [0.25, 0.3) is 0 Å². The van der Waals surface area contributed by atoms with E-state index in [1.54, 1.807) is 13.8 Å². The van der Waals surface area contributed by atoms with Gasteiger partial charge in [-0.1, -0.05) is 0 Å². The minimum atomic E-state index is -1.07. The summed E-state index contributed by atoms with van der Waals surface area (Å²) in [6.45, 7) is 3.38. The van der Waals surface area contributed by atoms with Crippen molar-refractivity contribution in [1.29, 1.82) is 0 Å². The highest BCUT2D eigenvalue weighted by molar-refractivity contribution is 5.87. The third kappa shape index (κ3) is 1.74. The predicted octanol–water partition coefficient (Wildman–Crippen LogP) is 0.800. The lowest BCUT2D eigenvalue weighted by atomic mass is 10.2. The Balaban J connectivity index is 3.33. The van der Waals surface area contributed by atoms with Gasteiger partial charge in [-0.15, -0.1) is 0 Å². The molecule has 0 fully saturated rings. The molecule has 1 aromatic heterocycles. The van der Waals surface area contributed by atoms with Crippen LogP contribution in [0.4, 0.5) is 0 Å². The lowest BCUT2D eigenvalue weighted by molar-refractivity contribution is 0.0688. The van der Waals surface area contributed by atoms with E-state index in [1.165, 1.54) is 7.11 Å². The number of carboxylic acids is 1. The van der Waals surface area contributed by atoms with Gasteiger partial charge in [-0.2, -0.15) is 4.98 Å². The van der Waals surface area contributed by atoms with E-state index >= 15 is 0 Å². The van der Waals surface area contributed by atoms with Crippen molar-refractivity contribution < 1.29 is 14.6 Å². The summed E-state index contributed by atoms with van der Waals surface area (Å²) in [5, 5.41) is 8.76. The largest absolute Gasteiger partial charge is 0.476 e. The Morgan fingerprint density at radius 2 is 2.00 bits per heavy atom. The van der Waals surface area contributed by atoms with Gasteiger partial charge >= 0.3 is 12.0 Å². The van der Waals surface area contributed by atoms with Gasteiger partial charge in [0.05, 0.1) is 7.11 Å². The van der Waals surface area contributed by atoms with E-state index < -0.39 is 5.97 Å². The van der Waals surface area contributed by atoms with Gasteiger partial charge in [-0.3, -0.25) is 0 Å². The number of hydrogen-bond donors (Lipinski definition) is 1. The SMILES string of the molecule is COc1nc(C)c(C)c(C(=O)O)n1. The average molecular weight is 182 g/mol. The lowest BCUT2D eigenvalue weighted by Gasteiger charge is -2.05. The van der Waals surface area contributed by atoms with Crippen LogP contribution in [0.2, 0.25) is 0 Å². The number of ether oxygens (including phenoxy) is 1. The fourth-order valence-electron chi connectivity index (χ4n) is 0.903. The third-order valence-electron chi connectivity index (χ3n) is 1.75. The van der Waals surface area contributed by atoms with Crippen LogP contribution in [0.15, 0.2) is 0 Å². The molecule has 0 unspecified atom stereocenters. The first-order valence-corrected chi connectivity index (χ1v) is 3.68. The van der Waals surface area contributed by atoms with Gasteiger partial charge in [0.15, 0.2) is 5.69 Å². The van der Waals surface area contributed by atoms with Crippen molar-refractivity contribution in [2.75, 3.05) is 7.11 Å². The molecular formula is C8H10N2O3.